The van der Waals surface area contributed by atoms with Gasteiger partial charge in [0.2, 0.25) is 17.8 Å². The van der Waals surface area contributed by atoms with Crippen LogP contribution in [0.15, 0.2) is 17.5 Å². The van der Waals surface area contributed by atoms with Crippen LogP contribution >= 0.6 is 11.3 Å². The lowest BCUT2D eigenvalue weighted by molar-refractivity contribution is 0.920. The monoisotopic (exact) mass is 264 g/mol. The second-order valence-corrected chi connectivity index (χ2v) is 5.10. The van der Waals surface area contributed by atoms with Gasteiger partial charge in [-0.3, -0.25) is 0 Å². The van der Waals surface area contributed by atoms with Crippen LogP contribution in [0.1, 0.15) is 0 Å². The summed E-state index contributed by atoms with van der Waals surface area (Å²) in [5.41, 5.74) is 0. The molecule has 0 spiro atoms. The van der Waals surface area contributed by atoms with Crippen molar-refractivity contribution >= 4 is 34.2 Å². The van der Waals surface area contributed by atoms with Gasteiger partial charge >= 0.3 is 0 Å². The van der Waals surface area contributed by atoms with Crippen LogP contribution in [-0.2, 0) is 0 Å². The molecule has 0 amide bonds. The SMILES string of the molecule is CN(C)c1nc(Nc2cccs2)nc(N(C)C)n1. The molecule has 0 aliphatic carbocycles. The van der Waals surface area contributed by atoms with Crippen molar-refractivity contribution in [3.8, 4) is 0 Å². The summed E-state index contributed by atoms with van der Waals surface area (Å²) in [5, 5.41) is 6.19. The first kappa shape index (κ1) is 12.6. The maximum Gasteiger partial charge on any atom is 0.234 e. The number of nitrogens with zero attached hydrogens (tertiary/aromatic N) is 5. The first-order chi connectivity index (χ1) is 8.56. The summed E-state index contributed by atoms with van der Waals surface area (Å²) in [7, 11) is 7.63. The van der Waals surface area contributed by atoms with E-state index in [2.05, 4.69) is 20.3 Å². The average molecular weight is 264 g/mol. The largest absolute Gasteiger partial charge is 0.347 e. The highest BCUT2D eigenvalue weighted by Gasteiger charge is 2.09. The Bertz CT molecular complexity index is 482. The highest BCUT2D eigenvalue weighted by molar-refractivity contribution is 7.14. The number of aromatic nitrogens is 3. The molecule has 0 aliphatic rings. The highest BCUT2D eigenvalue weighted by atomic mass is 32.1. The molecule has 0 saturated carbocycles. The maximum atomic E-state index is 4.36. The molecule has 0 fully saturated rings. The van der Waals surface area contributed by atoms with Crippen molar-refractivity contribution in [2.75, 3.05) is 43.3 Å². The number of hydrogen-bond acceptors (Lipinski definition) is 7. The number of anilines is 4. The Balaban J connectivity index is 2.34. The van der Waals surface area contributed by atoms with E-state index in [0.29, 0.717) is 17.8 Å². The molecule has 18 heavy (non-hydrogen) atoms. The van der Waals surface area contributed by atoms with E-state index in [-0.39, 0.29) is 0 Å². The fourth-order valence-electron chi connectivity index (χ4n) is 1.27. The van der Waals surface area contributed by atoms with Crippen molar-refractivity contribution in [2.24, 2.45) is 0 Å². The minimum atomic E-state index is 0.555. The molecule has 2 aromatic rings. The third-order valence-corrected chi connectivity index (χ3v) is 2.95. The molecule has 6 nitrogen and oxygen atoms in total. The lowest BCUT2D eigenvalue weighted by Crippen LogP contribution is -2.19. The van der Waals surface area contributed by atoms with E-state index in [1.807, 2.05) is 55.5 Å². The summed E-state index contributed by atoms with van der Waals surface area (Å²) in [6.45, 7) is 0. The fraction of sp³-hybridized carbons (Fsp3) is 0.364. The van der Waals surface area contributed by atoms with E-state index >= 15 is 0 Å². The molecule has 1 N–H and O–H groups in total. The zero-order chi connectivity index (χ0) is 13.1. The van der Waals surface area contributed by atoms with Crippen molar-refractivity contribution in [1.29, 1.82) is 0 Å². The van der Waals surface area contributed by atoms with Crippen molar-refractivity contribution in [3.05, 3.63) is 17.5 Å². The van der Waals surface area contributed by atoms with Gasteiger partial charge in [-0.2, -0.15) is 15.0 Å². The number of rotatable bonds is 4. The molecule has 0 saturated heterocycles. The van der Waals surface area contributed by atoms with Gasteiger partial charge in [-0.05, 0) is 17.5 Å². The summed E-state index contributed by atoms with van der Waals surface area (Å²) in [4.78, 5) is 16.8. The van der Waals surface area contributed by atoms with Crippen molar-refractivity contribution in [2.45, 2.75) is 0 Å². The topological polar surface area (TPSA) is 57.2 Å². The summed E-state index contributed by atoms with van der Waals surface area (Å²) in [6.07, 6.45) is 0. The van der Waals surface area contributed by atoms with Gasteiger partial charge in [-0.1, -0.05) is 0 Å². The lowest BCUT2D eigenvalue weighted by Gasteiger charge is -2.16. The molecule has 96 valence electrons. The van der Waals surface area contributed by atoms with Crippen molar-refractivity contribution < 1.29 is 0 Å². The van der Waals surface area contributed by atoms with Crippen molar-refractivity contribution in [3.63, 3.8) is 0 Å². The van der Waals surface area contributed by atoms with E-state index in [0.717, 1.165) is 5.00 Å². The Morgan fingerprint density at radius 2 is 1.61 bits per heavy atom. The molecular weight excluding hydrogens is 248 g/mol. The lowest BCUT2D eigenvalue weighted by atomic mass is 10.6. The first-order valence-electron chi connectivity index (χ1n) is 5.47. The summed E-state index contributed by atoms with van der Waals surface area (Å²) >= 11 is 1.61. The molecule has 0 aliphatic heterocycles. The Labute approximate surface area is 110 Å². The molecule has 7 heteroatoms. The second-order valence-electron chi connectivity index (χ2n) is 4.15. The zero-order valence-corrected chi connectivity index (χ0v) is 11.7. The molecule has 0 atom stereocenters. The van der Waals surface area contributed by atoms with Crippen LogP contribution in [0, 0.1) is 0 Å². The highest BCUT2D eigenvalue weighted by Crippen LogP contribution is 2.21. The van der Waals surface area contributed by atoms with Gasteiger partial charge in [0.1, 0.15) is 0 Å². The number of hydrogen-bond donors (Lipinski definition) is 1. The van der Waals surface area contributed by atoms with Crippen LogP contribution in [0.5, 0.6) is 0 Å². The first-order valence-corrected chi connectivity index (χ1v) is 6.35. The number of nitrogens with one attached hydrogen (secondary N) is 1. The Morgan fingerprint density at radius 1 is 1.00 bits per heavy atom. The van der Waals surface area contributed by atoms with Crippen molar-refractivity contribution in [1.82, 2.24) is 15.0 Å². The van der Waals surface area contributed by atoms with Gasteiger partial charge in [0.05, 0.1) is 5.00 Å². The Kier molecular flexibility index (Phi) is 3.61. The van der Waals surface area contributed by atoms with Gasteiger partial charge in [0, 0.05) is 28.2 Å². The normalized spacial score (nSPS) is 10.2. The van der Waals surface area contributed by atoms with Gasteiger partial charge < -0.3 is 15.1 Å². The molecule has 2 heterocycles. The standard InChI is InChI=1S/C11H16N6S/c1-16(2)10-13-9(12-8-6-5-7-18-8)14-11(15-10)17(3)4/h5-7H,1-4H3,(H,12,13,14,15). The van der Waals surface area contributed by atoms with E-state index in [1.165, 1.54) is 0 Å². The van der Waals surface area contributed by atoms with Gasteiger partial charge in [-0.15, -0.1) is 11.3 Å². The molecule has 0 unspecified atom stereocenters. The Hall–Kier alpha value is -1.89. The molecule has 2 rings (SSSR count). The summed E-state index contributed by atoms with van der Waals surface area (Å²) in [5.74, 6) is 1.82. The van der Waals surface area contributed by atoms with Crippen LogP contribution in [-0.4, -0.2) is 43.1 Å². The second kappa shape index (κ2) is 5.18. The van der Waals surface area contributed by atoms with Crippen LogP contribution in [0.2, 0.25) is 0 Å². The van der Waals surface area contributed by atoms with Gasteiger partial charge in [0.15, 0.2) is 0 Å². The Morgan fingerprint density at radius 3 is 2.06 bits per heavy atom. The molecule has 2 aromatic heterocycles. The van der Waals surface area contributed by atoms with Crippen LogP contribution < -0.4 is 15.1 Å². The minimum Gasteiger partial charge on any atom is -0.347 e. The van der Waals surface area contributed by atoms with E-state index < -0.39 is 0 Å². The van der Waals surface area contributed by atoms with E-state index in [9.17, 15) is 0 Å². The van der Waals surface area contributed by atoms with Gasteiger partial charge in [-0.25, -0.2) is 0 Å². The van der Waals surface area contributed by atoms with Gasteiger partial charge in [0.25, 0.3) is 0 Å². The molecule has 0 bridgehead atoms. The average Bonchev–Trinajstić information content (AvgIpc) is 2.81. The zero-order valence-electron chi connectivity index (χ0n) is 10.9. The predicted octanol–water partition coefficient (Wildman–Crippen LogP) is 1.81. The van der Waals surface area contributed by atoms with Crippen LogP contribution in [0.3, 0.4) is 0 Å². The fourth-order valence-corrected chi connectivity index (χ4v) is 1.88. The smallest absolute Gasteiger partial charge is 0.234 e. The quantitative estimate of drug-likeness (QED) is 0.909. The third kappa shape index (κ3) is 2.86. The van der Waals surface area contributed by atoms with E-state index in [4.69, 9.17) is 0 Å². The van der Waals surface area contributed by atoms with Crippen LogP contribution in [0.25, 0.3) is 0 Å². The maximum absolute atomic E-state index is 4.36. The molecule has 0 aromatic carbocycles. The number of thiophene rings is 1. The van der Waals surface area contributed by atoms with Crippen LogP contribution in [0.4, 0.5) is 22.8 Å². The minimum absolute atomic E-state index is 0.555. The summed E-state index contributed by atoms with van der Waals surface area (Å²) in [6, 6.07) is 3.97. The summed E-state index contributed by atoms with van der Waals surface area (Å²) < 4.78 is 0. The molecular formula is C11H16N6S. The predicted molar refractivity (Wildman–Crippen MR) is 76.1 cm³/mol. The molecule has 0 radical (unpaired) electrons. The third-order valence-electron chi connectivity index (χ3n) is 2.17. The van der Waals surface area contributed by atoms with E-state index in [1.54, 1.807) is 11.3 Å².